The summed E-state index contributed by atoms with van der Waals surface area (Å²) in [5, 5.41) is -0.312. The second kappa shape index (κ2) is 9.87. The highest BCUT2D eigenvalue weighted by Crippen LogP contribution is 2.52. The highest BCUT2D eigenvalue weighted by molar-refractivity contribution is 8.01. The monoisotopic (exact) mass is 490 g/mol. The quantitative estimate of drug-likeness (QED) is 0.334. The number of rotatable bonds is 8. The van der Waals surface area contributed by atoms with Crippen LogP contribution in [0.25, 0.3) is 0 Å². The van der Waals surface area contributed by atoms with Crippen molar-refractivity contribution < 1.29 is 17.9 Å². The van der Waals surface area contributed by atoms with Crippen LogP contribution >= 0.6 is 11.8 Å². The van der Waals surface area contributed by atoms with Gasteiger partial charge in [-0.2, -0.15) is 0 Å². The zero-order valence-electron chi connectivity index (χ0n) is 18.2. The van der Waals surface area contributed by atoms with E-state index in [0.29, 0.717) is 23.7 Å². The van der Waals surface area contributed by atoms with E-state index < -0.39 is 9.84 Å². The molecule has 0 saturated carbocycles. The van der Waals surface area contributed by atoms with Gasteiger partial charge in [-0.25, -0.2) is 8.42 Å². The number of thioether (sulfide) groups is 1. The fourth-order valence-electron chi connectivity index (χ4n) is 3.84. The first-order valence-electron chi connectivity index (χ1n) is 10.7. The molecule has 172 valence electrons. The number of hydrogen-bond acceptors (Lipinski definition) is 7. The maximum Gasteiger partial charge on any atom is 0.183 e. The normalized spacial score (nSPS) is 16.1. The smallest absolute Gasteiger partial charge is 0.183 e. The summed E-state index contributed by atoms with van der Waals surface area (Å²) in [5.41, 5.74) is 2.42. The third-order valence-electron chi connectivity index (χ3n) is 5.38. The first-order valence-corrected chi connectivity index (χ1v) is 13.3. The van der Waals surface area contributed by atoms with Crippen LogP contribution < -0.4 is 9.47 Å². The van der Waals surface area contributed by atoms with Gasteiger partial charge in [-0.3, -0.25) is 9.97 Å². The Morgan fingerprint density at radius 3 is 2.03 bits per heavy atom. The largest absolute Gasteiger partial charge is 0.488 e. The SMILES string of the molecule is O=S1(=O)CC(Sc2ccccc2)c2c(OCc3cccnc3)ccc(OCc3cccnc3)c21. The molecule has 0 radical (unpaired) electrons. The molecular formula is C26H22N2O4S2. The summed E-state index contributed by atoms with van der Waals surface area (Å²) in [5.74, 6) is 0.865. The molecule has 0 aliphatic carbocycles. The Balaban J connectivity index is 1.51. The molecule has 1 unspecified atom stereocenters. The molecule has 0 fully saturated rings. The maximum atomic E-state index is 13.3. The van der Waals surface area contributed by atoms with Gasteiger partial charge in [0.2, 0.25) is 0 Å². The Labute approximate surface area is 202 Å². The fourth-order valence-corrected chi connectivity index (χ4v) is 7.46. The molecule has 0 bridgehead atoms. The van der Waals surface area contributed by atoms with E-state index >= 15 is 0 Å². The summed E-state index contributed by atoms with van der Waals surface area (Å²) >= 11 is 1.52. The molecule has 34 heavy (non-hydrogen) atoms. The van der Waals surface area contributed by atoms with Crippen molar-refractivity contribution in [1.29, 1.82) is 0 Å². The second-order valence-electron chi connectivity index (χ2n) is 7.81. The van der Waals surface area contributed by atoms with Crippen molar-refractivity contribution in [3.63, 3.8) is 0 Å². The molecule has 0 N–H and O–H groups in total. The molecule has 8 heteroatoms. The first-order chi connectivity index (χ1) is 16.6. The molecule has 5 rings (SSSR count). The number of hydrogen-bond donors (Lipinski definition) is 0. The fraction of sp³-hybridized carbons (Fsp3) is 0.154. The zero-order chi connectivity index (χ0) is 23.4. The Bertz CT molecular complexity index is 1370. The first kappa shape index (κ1) is 22.4. The lowest BCUT2D eigenvalue weighted by Gasteiger charge is -2.17. The predicted octanol–water partition coefficient (Wildman–Crippen LogP) is 5.26. The van der Waals surface area contributed by atoms with E-state index in [9.17, 15) is 8.42 Å². The molecule has 1 atom stereocenters. The standard InChI is InChI=1S/C26H22N2O4S2/c29-34(30)18-24(33-21-8-2-1-3-9-21)25-22(31-16-19-6-4-12-27-14-19)10-11-23(26(25)34)32-17-20-7-5-13-28-15-20/h1-15,24H,16-18H2. The number of aromatic nitrogens is 2. The molecule has 2 aromatic heterocycles. The van der Waals surface area contributed by atoms with Gasteiger partial charge < -0.3 is 9.47 Å². The van der Waals surface area contributed by atoms with Crippen LogP contribution in [0.4, 0.5) is 0 Å². The molecule has 1 aliphatic heterocycles. The topological polar surface area (TPSA) is 78.4 Å². The van der Waals surface area contributed by atoms with Crippen molar-refractivity contribution in [2.24, 2.45) is 0 Å². The summed E-state index contributed by atoms with van der Waals surface area (Å²) in [6.45, 7) is 0.515. The lowest BCUT2D eigenvalue weighted by Crippen LogP contribution is -2.05. The van der Waals surface area contributed by atoms with Crippen molar-refractivity contribution in [2.45, 2.75) is 28.3 Å². The van der Waals surface area contributed by atoms with Crippen molar-refractivity contribution in [1.82, 2.24) is 9.97 Å². The highest BCUT2D eigenvalue weighted by Gasteiger charge is 2.41. The third kappa shape index (κ3) is 4.93. The number of fused-ring (bicyclic) bond motifs is 1. The summed E-state index contributed by atoms with van der Waals surface area (Å²) in [6, 6.07) is 20.7. The lowest BCUT2D eigenvalue weighted by atomic mass is 10.1. The van der Waals surface area contributed by atoms with E-state index in [0.717, 1.165) is 16.0 Å². The Kier molecular flexibility index (Phi) is 6.51. The van der Waals surface area contributed by atoms with E-state index in [-0.39, 0.29) is 22.5 Å². The number of benzene rings is 2. The average Bonchev–Trinajstić information content (AvgIpc) is 3.14. The second-order valence-corrected chi connectivity index (χ2v) is 11.1. The van der Waals surface area contributed by atoms with Crippen molar-refractivity contribution in [3.8, 4) is 11.5 Å². The van der Waals surface area contributed by atoms with Crippen molar-refractivity contribution >= 4 is 21.6 Å². The summed E-state index contributed by atoms with van der Waals surface area (Å²) in [4.78, 5) is 9.43. The van der Waals surface area contributed by atoms with E-state index in [2.05, 4.69) is 9.97 Å². The molecule has 6 nitrogen and oxygen atoms in total. The maximum absolute atomic E-state index is 13.3. The minimum atomic E-state index is -3.57. The van der Waals surface area contributed by atoms with Gasteiger partial charge in [-0.1, -0.05) is 30.3 Å². The van der Waals surface area contributed by atoms with Crippen LogP contribution in [-0.2, 0) is 23.1 Å². The number of sulfone groups is 1. The van der Waals surface area contributed by atoms with E-state index in [4.69, 9.17) is 9.47 Å². The number of ether oxygens (including phenoxy) is 2. The van der Waals surface area contributed by atoms with E-state index in [1.807, 2.05) is 54.6 Å². The van der Waals surface area contributed by atoms with Gasteiger partial charge in [0.25, 0.3) is 0 Å². The van der Waals surface area contributed by atoms with Gasteiger partial charge in [0.05, 0.1) is 11.0 Å². The summed E-state index contributed by atoms with van der Waals surface area (Å²) in [6.07, 6.45) is 6.83. The molecule has 3 heterocycles. The molecule has 0 amide bonds. The van der Waals surface area contributed by atoms with E-state index in [1.54, 1.807) is 36.9 Å². The van der Waals surface area contributed by atoms with E-state index in [1.165, 1.54) is 11.8 Å². The van der Waals surface area contributed by atoms with Gasteiger partial charge in [-0.05, 0) is 36.4 Å². The number of nitrogens with zero attached hydrogens (tertiary/aromatic N) is 2. The Morgan fingerprint density at radius 2 is 1.41 bits per heavy atom. The summed E-state index contributed by atoms with van der Waals surface area (Å²) in [7, 11) is -3.57. The van der Waals surface area contributed by atoms with Gasteiger partial charge in [0.15, 0.2) is 9.84 Å². The zero-order valence-corrected chi connectivity index (χ0v) is 19.8. The van der Waals surface area contributed by atoms with Gasteiger partial charge >= 0.3 is 0 Å². The molecule has 2 aromatic carbocycles. The van der Waals surface area contributed by atoms with Crippen molar-refractivity contribution in [3.05, 3.63) is 108 Å². The highest BCUT2D eigenvalue weighted by atomic mass is 32.2. The van der Waals surface area contributed by atoms with Crippen LogP contribution in [0.5, 0.6) is 11.5 Å². The molecule has 0 saturated heterocycles. The molecular weight excluding hydrogens is 468 g/mol. The summed E-state index contributed by atoms with van der Waals surface area (Å²) < 4.78 is 38.8. The van der Waals surface area contributed by atoms with Crippen LogP contribution in [0.15, 0.2) is 101 Å². The van der Waals surface area contributed by atoms with Crippen LogP contribution in [0.2, 0.25) is 0 Å². The van der Waals surface area contributed by atoms with Crippen LogP contribution in [0, 0.1) is 0 Å². The minimum Gasteiger partial charge on any atom is -0.488 e. The minimum absolute atomic E-state index is 0.0155. The lowest BCUT2D eigenvalue weighted by molar-refractivity contribution is 0.287. The van der Waals surface area contributed by atoms with Crippen molar-refractivity contribution in [2.75, 3.05) is 5.75 Å². The van der Waals surface area contributed by atoms with Crippen LogP contribution in [0.3, 0.4) is 0 Å². The molecule has 1 aliphatic rings. The van der Waals surface area contributed by atoms with Gasteiger partial charge in [-0.15, -0.1) is 11.8 Å². The average molecular weight is 491 g/mol. The van der Waals surface area contributed by atoms with Gasteiger partial charge in [0.1, 0.15) is 29.6 Å². The van der Waals surface area contributed by atoms with Crippen LogP contribution in [0.1, 0.15) is 21.9 Å². The molecule has 0 spiro atoms. The molecule has 4 aromatic rings. The Hall–Kier alpha value is -3.36. The van der Waals surface area contributed by atoms with Crippen LogP contribution in [-0.4, -0.2) is 24.1 Å². The predicted molar refractivity (Wildman–Crippen MR) is 131 cm³/mol. The van der Waals surface area contributed by atoms with Gasteiger partial charge in [0, 0.05) is 46.4 Å². The third-order valence-corrected chi connectivity index (χ3v) is 8.64. The Morgan fingerprint density at radius 1 is 0.794 bits per heavy atom. The number of pyridine rings is 2.